The van der Waals surface area contributed by atoms with Crippen LogP contribution in [0.1, 0.15) is 54.6 Å². The van der Waals surface area contributed by atoms with Crippen LogP contribution in [0.4, 0.5) is 0 Å². The highest BCUT2D eigenvalue weighted by Gasteiger charge is 2.39. The first-order valence-corrected chi connectivity index (χ1v) is 10.7. The minimum Gasteiger partial charge on any atom is -0.486 e. The Labute approximate surface area is 173 Å². The third-order valence-electron chi connectivity index (χ3n) is 6.14. The van der Waals surface area contributed by atoms with Crippen LogP contribution < -0.4 is 10.1 Å². The summed E-state index contributed by atoms with van der Waals surface area (Å²) in [6, 6.07) is 16.3. The zero-order valence-corrected chi connectivity index (χ0v) is 17.4. The van der Waals surface area contributed by atoms with Gasteiger partial charge in [-0.3, -0.25) is 4.79 Å². The van der Waals surface area contributed by atoms with Gasteiger partial charge in [0.25, 0.3) is 5.91 Å². The highest BCUT2D eigenvalue weighted by Crippen LogP contribution is 2.44. The second-order valence-corrected chi connectivity index (χ2v) is 7.98. The maximum atomic E-state index is 12.6. The zero-order chi connectivity index (χ0) is 20.3. The van der Waals surface area contributed by atoms with E-state index in [9.17, 15) is 4.79 Å². The second-order valence-electron chi connectivity index (χ2n) is 7.98. The third kappa shape index (κ3) is 4.08. The lowest BCUT2D eigenvalue weighted by molar-refractivity contribution is 0.0359. The highest BCUT2D eigenvalue weighted by atomic mass is 16.5. The number of fused-ring (bicyclic) bond motifs is 1. The van der Waals surface area contributed by atoms with Crippen molar-refractivity contribution in [3.05, 3.63) is 65.2 Å². The first-order chi connectivity index (χ1) is 14.1. The van der Waals surface area contributed by atoms with Crippen LogP contribution in [-0.2, 0) is 0 Å². The van der Waals surface area contributed by atoms with Crippen LogP contribution in [0.3, 0.4) is 0 Å². The topological polar surface area (TPSA) is 41.6 Å². The summed E-state index contributed by atoms with van der Waals surface area (Å²) in [5, 5.41) is 3.44. The van der Waals surface area contributed by atoms with E-state index in [-0.39, 0.29) is 11.5 Å². The number of benzene rings is 2. The van der Waals surface area contributed by atoms with Gasteiger partial charge < -0.3 is 15.0 Å². The fourth-order valence-electron chi connectivity index (χ4n) is 4.44. The van der Waals surface area contributed by atoms with Gasteiger partial charge in [-0.05, 0) is 69.1 Å². The molecule has 2 heterocycles. The number of amides is 1. The normalized spacial score (nSPS) is 18.9. The Hall–Kier alpha value is -2.59. The second kappa shape index (κ2) is 8.42. The minimum absolute atomic E-state index is 0.0965. The average Bonchev–Trinajstić information content (AvgIpc) is 2.75. The van der Waals surface area contributed by atoms with E-state index in [1.54, 1.807) is 0 Å². The number of hydrogen-bond acceptors (Lipinski definition) is 3. The Kier molecular flexibility index (Phi) is 5.72. The molecule has 2 aromatic rings. The Balaban J connectivity index is 1.63. The van der Waals surface area contributed by atoms with E-state index >= 15 is 0 Å². The van der Waals surface area contributed by atoms with Gasteiger partial charge in [-0.1, -0.05) is 36.4 Å². The van der Waals surface area contributed by atoms with Crippen LogP contribution in [0.15, 0.2) is 48.5 Å². The van der Waals surface area contributed by atoms with Crippen molar-refractivity contribution in [2.45, 2.75) is 38.7 Å². The van der Waals surface area contributed by atoms with Gasteiger partial charge in [-0.2, -0.15) is 0 Å². The molecule has 2 aliphatic heterocycles. The standard InChI is InChI=1S/C25H30N2O2/c1-3-27(4-2)24(28)20-11-9-19(10-12-20)17-21-18-25(13-15-26-16-14-25)29-23-8-6-5-7-22(21)23/h5-12,17,26H,3-4,13-16,18H2,1-2H3/b21-17+. The number of hydrogen-bond donors (Lipinski definition) is 1. The van der Waals surface area contributed by atoms with Gasteiger partial charge in [-0.25, -0.2) is 0 Å². The van der Waals surface area contributed by atoms with Crippen molar-refractivity contribution in [1.29, 1.82) is 0 Å². The average molecular weight is 391 g/mol. The monoisotopic (exact) mass is 390 g/mol. The molecule has 1 N–H and O–H groups in total. The third-order valence-corrected chi connectivity index (χ3v) is 6.14. The number of piperidine rings is 1. The molecule has 0 unspecified atom stereocenters. The molecule has 1 amide bonds. The van der Waals surface area contributed by atoms with Gasteiger partial charge in [0.1, 0.15) is 11.4 Å². The van der Waals surface area contributed by atoms with E-state index in [0.717, 1.165) is 62.3 Å². The van der Waals surface area contributed by atoms with Crippen molar-refractivity contribution >= 4 is 17.6 Å². The molecule has 4 nitrogen and oxygen atoms in total. The fourth-order valence-corrected chi connectivity index (χ4v) is 4.44. The molecule has 0 radical (unpaired) electrons. The number of nitrogens with one attached hydrogen (secondary N) is 1. The largest absolute Gasteiger partial charge is 0.486 e. The Morgan fingerprint density at radius 2 is 1.76 bits per heavy atom. The summed E-state index contributed by atoms with van der Waals surface area (Å²) in [7, 11) is 0. The van der Waals surface area contributed by atoms with Crippen LogP contribution >= 0.6 is 0 Å². The predicted molar refractivity (Wildman–Crippen MR) is 118 cm³/mol. The van der Waals surface area contributed by atoms with Gasteiger partial charge in [0.05, 0.1) is 0 Å². The summed E-state index contributed by atoms with van der Waals surface area (Å²) in [5.41, 5.74) is 4.26. The summed E-state index contributed by atoms with van der Waals surface area (Å²) in [4.78, 5) is 14.4. The van der Waals surface area contributed by atoms with E-state index < -0.39 is 0 Å². The van der Waals surface area contributed by atoms with E-state index in [4.69, 9.17) is 4.74 Å². The van der Waals surface area contributed by atoms with Gasteiger partial charge in [0.15, 0.2) is 0 Å². The molecule has 29 heavy (non-hydrogen) atoms. The molecule has 0 atom stereocenters. The van der Waals surface area contributed by atoms with Crippen molar-refractivity contribution in [3.63, 3.8) is 0 Å². The molecule has 0 saturated carbocycles. The quantitative estimate of drug-likeness (QED) is 0.829. The maximum absolute atomic E-state index is 12.6. The van der Waals surface area contributed by atoms with Crippen LogP contribution in [0.5, 0.6) is 5.75 Å². The Bertz CT molecular complexity index is 891. The fraction of sp³-hybridized carbons (Fsp3) is 0.400. The lowest BCUT2D eigenvalue weighted by Crippen LogP contribution is -2.47. The molecule has 152 valence electrons. The summed E-state index contributed by atoms with van der Waals surface area (Å²) in [6.07, 6.45) is 5.23. The van der Waals surface area contributed by atoms with Gasteiger partial charge in [-0.15, -0.1) is 0 Å². The van der Waals surface area contributed by atoms with Crippen molar-refractivity contribution in [1.82, 2.24) is 10.2 Å². The molecule has 0 aliphatic carbocycles. The number of carbonyl (C=O) groups is 1. The van der Waals surface area contributed by atoms with E-state index in [1.165, 1.54) is 11.1 Å². The van der Waals surface area contributed by atoms with Gasteiger partial charge in [0.2, 0.25) is 0 Å². The Morgan fingerprint density at radius 3 is 2.45 bits per heavy atom. The molecule has 4 rings (SSSR count). The zero-order valence-electron chi connectivity index (χ0n) is 17.4. The molecule has 2 aromatic carbocycles. The number of para-hydroxylation sites is 1. The summed E-state index contributed by atoms with van der Waals surface area (Å²) < 4.78 is 6.50. The molecule has 2 aliphatic rings. The Morgan fingerprint density at radius 1 is 1.07 bits per heavy atom. The van der Waals surface area contributed by atoms with Crippen LogP contribution in [0.2, 0.25) is 0 Å². The molecular formula is C25H30N2O2. The smallest absolute Gasteiger partial charge is 0.253 e. The first-order valence-electron chi connectivity index (χ1n) is 10.7. The number of carbonyl (C=O) groups excluding carboxylic acids is 1. The molecular weight excluding hydrogens is 360 g/mol. The number of ether oxygens (including phenoxy) is 1. The summed E-state index contributed by atoms with van der Waals surface area (Å²) in [5.74, 6) is 1.08. The molecule has 4 heteroatoms. The van der Waals surface area contributed by atoms with Gasteiger partial charge >= 0.3 is 0 Å². The SMILES string of the molecule is CCN(CC)C(=O)c1ccc(/C=C2\CC3(CCNCC3)Oc3ccccc32)cc1. The summed E-state index contributed by atoms with van der Waals surface area (Å²) >= 11 is 0. The maximum Gasteiger partial charge on any atom is 0.253 e. The minimum atomic E-state index is -0.107. The molecule has 0 bridgehead atoms. The van der Waals surface area contributed by atoms with E-state index in [1.807, 2.05) is 36.9 Å². The first kappa shape index (κ1) is 19.7. The van der Waals surface area contributed by atoms with Crippen LogP contribution in [0.25, 0.3) is 11.6 Å². The predicted octanol–water partition coefficient (Wildman–Crippen LogP) is 4.61. The molecule has 1 fully saturated rings. The van der Waals surface area contributed by atoms with E-state index in [0.29, 0.717) is 0 Å². The van der Waals surface area contributed by atoms with Crippen molar-refractivity contribution in [3.8, 4) is 5.75 Å². The number of rotatable bonds is 4. The van der Waals surface area contributed by atoms with Crippen LogP contribution in [-0.4, -0.2) is 42.6 Å². The lowest BCUT2D eigenvalue weighted by Gasteiger charge is -2.42. The van der Waals surface area contributed by atoms with E-state index in [2.05, 4.69) is 41.7 Å². The van der Waals surface area contributed by atoms with Crippen molar-refractivity contribution in [2.24, 2.45) is 0 Å². The molecule has 1 spiro atoms. The van der Waals surface area contributed by atoms with Crippen LogP contribution in [0, 0.1) is 0 Å². The number of nitrogens with zero attached hydrogens (tertiary/aromatic N) is 1. The molecule has 1 saturated heterocycles. The van der Waals surface area contributed by atoms with Gasteiger partial charge in [0, 0.05) is 30.6 Å². The lowest BCUT2D eigenvalue weighted by atomic mass is 9.80. The molecule has 0 aromatic heterocycles. The highest BCUT2D eigenvalue weighted by molar-refractivity contribution is 5.94. The van der Waals surface area contributed by atoms with Crippen molar-refractivity contribution < 1.29 is 9.53 Å². The summed E-state index contributed by atoms with van der Waals surface area (Å²) in [6.45, 7) is 7.48. The van der Waals surface area contributed by atoms with Crippen molar-refractivity contribution in [2.75, 3.05) is 26.2 Å².